The fourth-order valence-electron chi connectivity index (χ4n) is 6.84. The first-order valence-electron chi connectivity index (χ1n) is 16.9. The Morgan fingerprint density at radius 1 is 0.538 bits per heavy atom. The normalized spacial score (nSPS) is 12.3. The zero-order valence-corrected chi connectivity index (χ0v) is 35.7. The van der Waals surface area contributed by atoms with Crippen LogP contribution < -0.4 is 24.8 Å². The second kappa shape index (κ2) is 16.6. The fraction of sp³-hybridized carbons (Fsp3) is 0.170. The first-order chi connectivity index (χ1) is 23.4. The summed E-state index contributed by atoms with van der Waals surface area (Å²) in [6.07, 6.45) is 9.46. The molecule has 5 heteroatoms. The second-order valence-corrected chi connectivity index (χ2v) is 15.8. The second-order valence-electron chi connectivity index (χ2n) is 15.0. The molecule has 1 aliphatic rings. The molecule has 0 aliphatic heterocycles. The van der Waals surface area contributed by atoms with E-state index in [9.17, 15) is 0 Å². The van der Waals surface area contributed by atoms with Crippen LogP contribution in [-0.2, 0) is 37.0 Å². The standard InChI is InChI=1S/C26H15Cl2.C21H25.2ClH.Zr/c27-24-15-13-22(18-9-3-5-11-20(18)24)26(17-7-1-2-8-17)23-14-16-25(28)21-12-6-4-10-19(21)23;1-20(2,3)16-7-9-18-14(12-16)11-15-13-17(21(4,5)6)8-10-19(15)18;;;/h1-7,9-16H;7-13H,1-6H3;2*1H;/q2*-1;;;+4/p-2. The molecule has 0 fully saturated rings. The van der Waals surface area contributed by atoms with E-state index in [-0.39, 0.29) is 61.8 Å². The maximum absolute atomic E-state index is 6.49. The van der Waals surface area contributed by atoms with Gasteiger partial charge in [-0.1, -0.05) is 178 Å². The minimum atomic E-state index is 0. The quantitative estimate of drug-likeness (QED) is 0.154. The summed E-state index contributed by atoms with van der Waals surface area (Å²) < 4.78 is 0. The van der Waals surface area contributed by atoms with Crippen LogP contribution in [0.3, 0.4) is 0 Å². The predicted octanol–water partition coefficient (Wildman–Crippen LogP) is 8.34. The van der Waals surface area contributed by atoms with E-state index >= 15 is 0 Å². The molecule has 0 N–H and O–H groups in total. The number of halogens is 4. The van der Waals surface area contributed by atoms with Crippen molar-refractivity contribution in [2.75, 3.05) is 0 Å². The Morgan fingerprint density at radius 2 is 0.962 bits per heavy atom. The van der Waals surface area contributed by atoms with Gasteiger partial charge in [-0.3, -0.25) is 0 Å². The number of benzene rings is 6. The number of hydrogen-bond donors (Lipinski definition) is 0. The van der Waals surface area contributed by atoms with E-state index in [4.69, 9.17) is 23.2 Å². The summed E-state index contributed by atoms with van der Waals surface area (Å²) in [5, 5.41) is 11.3. The third-order valence-corrected chi connectivity index (χ3v) is 10.2. The molecule has 8 rings (SSSR count). The molecule has 0 nitrogen and oxygen atoms in total. The molecule has 260 valence electrons. The SMILES string of the molecule is CC(C)(C)c1ccc2c(c1)[cH-]c1cc(C(C)(C)C)ccc12.Clc1ccc(C(=C2[C-]=CC=C2)c2ccc(Cl)c3ccccc23)c2ccccc12.[Cl-].[Cl-].[Zr+4]. The Morgan fingerprint density at radius 3 is 1.35 bits per heavy atom. The van der Waals surface area contributed by atoms with Crippen LogP contribution in [0.4, 0.5) is 0 Å². The molecular weight excluding hydrogens is 798 g/mol. The van der Waals surface area contributed by atoms with Crippen LogP contribution in [0.25, 0.3) is 48.7 Å². The molecule has 0 saturated carbocycles. The van der Waals surface area contributed by atoms with Crippen LogP contribution in [-0.4, -0.2) is 0 Å². The molecular formula is C47H40Cl4Zr. The summed E-state index contributed by atoms with van der Waals surface area (Å²) in [6, 6.07) is 40.8. The van der Waals surface area contributed by atoms with Gasteiger partial charge in [-0.05, 0) is 33.7 Å². The van der Waals surface area contributed by atoms with Gasteiger partial charge in [0.25, 0.3) is 0 Å². The van der Waals surface area contributed by atoms with Crippen molar-refractivity contribution in [3.8, 4) is 0 Å². The smallest absolute Gasteiger partial charge is 1.00 e. The van der Waals surface area contributed by atoms with Crippen molar-refractivity contribution in [2.45, 2.75) is 52.4 Å². The van der Waals surface area contributed by atoms with Crippen LogP contribution in [0.5, 0.6) is 0 Å². The summed E-state index contributed by atoms with van der Waals surface area (Å²) in [5.41, 5.74) is 7.67. The molecule has 1 aliphatic carbocycles. The largest absolute Gasteiger partial charge is 4.00 e. The van der Waals surface area contributed by atoms with Gasteiger partial charge in [0.2, 0.25) is 0 Å². The third-order valence-electron chi connectivity index (χ3n) is 9.58. The number of rotatable bonds is 2. The van der Waals surface area contributed by atoms with Crippen LogP contribution >= 0.6 is 23.2 Å². The van der Waals surface area contributed by atoms with E-state index < -0.39 is 0 Å². The third kappa shape index (κ3) is 8.21. The molecule has 0 saturated heterocycles. The summed E-state index contributed by atoms with van der Waals surface area (Å²) in [5.74, 6) is 0. The molecule has 0 amide bonds. The maximum atomic E-state index is 6.49. The van der Waals surface area contributed by atoms with Gasteiger partial charge in [0.05, 0.1) is 0 Å². The average Bonchev–Trinajstić information content (AvgIpc) is 3.74. The molecule has 0 heterocycles. The van der Waals surface area contributed by atoms with Gasteiger partial charge >= 0.3 is 26.2 Å². The van der Waals surface area contributed by atoms with E-state index in [1.54, 1.807) is 0 Å². The minimum Gasteiger partial charge on any atom is -1.00 e. The van der Waals surface area contributed by atoms with Gasteiger partial charge in [0, 0.05) is 20.8 Å². The average molecular weight is 838 g/mol. The van der Waals surface area contributed by atoms with Gasteiger partial charge in [-0.15, -0.1) is 45.8 Å². The van der Waals surface area contributed by atoms with Gasteiger partial charge < -0.3 is 24.8 Å². The first kappa shape index (κ1) is 41.7. The number of fused-ring (bicyclic) bond motifs is 5. The van der Waals surface area contributed by atoms with Crippen molar-refractivity contribution < 1.29 is 51.0 Å². The first-order valence-corrected chi connectivity index (χ1v) is 17.7. The summed E-state index contributed by atoms with van der Waals surface area (Å²) in [4.78, 5) is 0. The molecule has 7 aromatic carbocycles. The Hall–Kier alpha value is -3.03. The van der Waals surface area contributed by atoms with Crippen molar-refractivity contribution in [3.05, 3.63) is 177 Å². The van der Waals surface area contributed by atoms with Crippen LogP contribution in [0, 0.1) is 6.08 Å². The molecule has 7 aromatic rings. The van der Waals surface area contributed by atoms with E-state index in [1.165, 1.54) is 32.7 Å². The topological polar surface area (TPSA) is 0 Å². The molecule has 0 radical (unpaired) electrons. The van der Waals surface area contributed by atoms with Crippen molar-refractivity contribution in [2.24, 2.45) is 0 Å². The molecule has 0 unspecified atom stereocenters. The minimum absolute atomic E-state index is 0. The van der Waals surface area contributed by atoms with Crippen molar-refractivity contribution in [3.63, 3.8) is 0 Å². The Labute approximate surface area is 349 Å². The summed E-state index contributed by atoms with van der Waals surface area (Å²) >= 11 is 13.0. The van der Waals surface area contributed by atoms with Crippen molar-refractivity contribution in [1.29, 1.82) is 0 Å². The Bertz CT molecular complexity index is 2310. The van der Waals surface area contributed by atoms with Crippen molar-refractivity contribution >= 4 is 71.9 Å². The zero-order valence-electron chi connectivity index (χ0n) is 30.2. The fourth-order valence-corrected chi connectivity index (χ4v) is 7.29. The van der Waals surface area contributed by atoms with E-state index in [0.717, 1.165) is 53.9 Å². The van der Waals surface area contributed by atoms with E-state index in [2.05, 4.69) is 145 Å². The predicted molar refractivity (Wildman–Crippen MR) is 215 cm³/mol. The van der Waals surface area contributed by atoms with Crippen LogP contribution in [0.2, 0.25) is 10.0 Å². The van der Waals surface area contributed by atoms with E-state index in [1.807, 2.05) is 36.4 Å². The number of allylic oxidation sites excluding steroid dienone is 5. The molecule has 0 bridgehead atoms. The monoisotopic (exact) mass is 834 g/mol. The molecule has 0 spiro atoms. The number of hydrogen-bond acceptors (Lipinski definition) is 0. The molecule has 52 heavy (non-hydrogen) atoms. The van der Waals surface area contributed by atoms with Crippen LogP contribution in [0.1, 0.15) is 63.8 Å². The van der Waals surface area contributed by atoms with Gasteiger partial charge in [-0.2, -0.15) is 23.8 Å². The van der Waals surface area contributed by atoms with Gasteiger partial charge in [-0.25, -0.2) is 0 Å². The Kier molecular flexibility index (Phi) is 13.3. The van der Waals surface area contributed by atoms with Gasteiger partial charge in [0.15, 0.2) is 0 Å². The summed E-state index contributed by atoms with van der Waals surface area (Å²) in [7, 11) is 0. The zero-order chi connectivity index (χ0) is 34.5. The van der Waals surface area contributed by atoms with Gasteiger partial charge in [0.1, 0.15) is 0 Å². The maximum Gasteiger partial charge on any atom is 4.00 e. The summed E-state index contributed by atoms with van der Waals surface area (Å²) in [6.45, 7) is 13.6. The molecule has 0 aromatic heterocycles. The van der Waals surface area contributed by atoms with Crippen molar-refractivity contribution in [1.82, 2.24) is 0 Å². The molecule has 0 atom stereocenters. The van der Waals surface area contributed by atoms with E-state index in [0.29, 0.717) is 0 Å². The van der Waals surface area contributed by atoms with Crippen LogP contribution in [0.15, 0.2) is 139 Å². The Balaban J connectivity index is 0.000000228.